The summed E-state index contributed by atoms with van der Waals surface area (Å²) in [6.07, 6.45) is 2.42. The Labute approximate surface area is 122 Å². The fourth-order valence-corrected chi connectivity index (χ4v) is 2.28. The van der Waals surface area contributed by atoms with Crippen molar-refractivity contribution in [3.05, 3.63) is 0 Å². The normalized spacial score (nSPS) is 19.9. The average molecular weight is 286 g/mol. The Morgan fingerprint density at radius 1 is 1.30 bits per heavy atom. The number of nitrogens with one attached hydrogen (secondary N) is 2. The van der Waals surface area contributed by atoms with Crippen molar-refractivity contribution in [1.82, 2.24) is 10.6 Å². The number of hydrogen-bond donors (Lipinski definition) is 2. The minimum atomic E-state index is -0.468. The van der Waals surface area contributed by atoms with E-state index in [0.717, 1.165) is 39.0 Å². The van der Waals surface area contributed by atoms with Crippen LogP contribution in [0.25, 0.3) is 0 Å². The largest absolute Gasteiger partial charge is 0.444 e. The first kappa shape index (κ1) is 17.2. The van der Waals surface area contributed by atoms with Crippen molar-refractivity contribution in [2.75, 3.05) is 19.8 Å². The minimum absolute atomic E-state index is 0.259. The number of alkyl carbamates (subject to hydrolysis) is 1. The van der Waals surface area contributed by atoms with Gasteiger partial charge in [0.15, 0.2) is 0 Å². The fourth-order valence-electron chi connectivity index (χ4n) is 2.28. The number of amides is 1. The minimum Gasteiger partial charge on any atom is -0.444 e. The van der Waals surface area contributed by atoms with Crippen LogP contribution < -0.4 is 10.6 Å². The molecule has 0 saturated carbocycles. The summed E-state index contributed by atoms with van der Waals surface area (Å²) in [4.78, 5) is 12.0. The van der Waals surface area contributed by atoms with Crippen molar-refractivity contribution >= 4 is 6.09 Å². The lowest BCUT2D eigenvalue weighted by molar-refractivity contribution is 0.0443. The lowest BCUT2D eigenvalue weighted by Gasteiger charge is -2.35. The molecule has 20 heavy (non-hydrogen) atoms. The van der Waals surface area contributed by atoms with Crippen LogP contribution in [0.3, 0.4) is 0 Å². The Morgan fingerprint density at radius 2 is 1.95 bits per heavy atom. The van der Waals surface area contributed by atoms with Crippen molar-refractivity contribution in [3.8, 4) is 0 Å². The first-order valence-electron chi connectivity index (χ1n) is 7.62. The molecule has 0 aromatic carbocycles. The Hall–Kier alpha value is -0.810. The number of hydrogen-bond acceptors (Lipinski definition) is 4. The van der Waals surface area contributed by atoms with Crippen molar-refractivity contribution in [3.63, 3.8) is 0 Å². The van der Waals surface area contributed by atoms with E-state index in [1.807, 2.05) is 20.8 Å². The summed E-state index contributed by atoms with van der Waals surface area (Å²) in [7, 11) is 0. The molecule has 1 amide bonds. The van der Waals surface area contributed by atoms with E-state index >= 15 is 0 Å². The third-order valence-electron chi connectivity index (χ3n) is 3.78. The van der Waals surface area contributed by atoms with E-state index < -0.39 is 5.60 Å². The standard InChI is InChI=1S/C15H30N2O3/c1-6-15(7-2,11-16-12-8-9-19-10-12)17-13(18)20-14(3,4)5/h12,16H,6-11H2,1-5H3,(H,17,18). The van der Waals surface area contributed by atoms with Crippen molar-refractivity contribution in [1.29, 1.82) is 0 Å². The number of ether oxygens (including phenoxy) is 2. The Kier molecular flexibility index (Phi) is 6.27. The molecular weight excluding hydrogens is 256 g/mol. The van der Waals surface area contributed by atoms with Gasteiger partial charge >= 0.3 is 6.09 Å². The maximum Gasteiger partial charge on any atom is 0.408 e. The molecule has 1 aliphatic heterocycles. The van der Waals surface area contributed by atoms with E-state index in [-0.39, 0.29) is 11.6 Å². The summed E-state index contributed by atoms with van der Waals surface area (Å²) in [5.41, 5.74) is -0.727. The van der Waals surface area contributed by atoms with Crippen LogP contribution in [-0.4, -0.2) is 43.0 Å². The van der Waals surface area contributed by atoms with Gasteiger partial charge in [0, 0.05) is 19.2 Å². The molecule has 0 bridgehead atoms. The molecule has 0 aromatic heterocycles. The van der Waals surface area contributed by atoms with Gasteiger partial charge in [0.1, 0.15) is 5.60 Å². The molecule has 0 aliphatic carbocycles. The fraction of sp³-hybridized carbons (Fsp3) is 0.933. The number of rotatable bonds is 6. The average Bonchev–Trinajstić information content (AvgIpc) is 2.85. The third kappa shape index (κ3) is 5.67. The quantitative estimate of drug-likeness (QED) is 0.787. The highest BCUT2D eigenvalue weighted by Gasteiger charge is 2.31. The smallest absolute Gasteiger partial charge is 0.408 e. The van der Waals surface area contributed by atoms with Gasteiger partial charge in [0.25, 0.3) is 0 Å². The predicted molar refractivity (Wildman–Crippen MR) is 79.9 cm³/mol. The zero-order chi connectivity index (χ0) is 15.2. The molecule has 0 radical (unpaired) electrons. The van der Waals surface area contributed by atoms with Gasteiger partial charge in [-0.1, -0.05) is 13.8 Å². The van der Waals surface area contributed by atoms with Crippen molar-refractivity contribution < 1.29 is 14.3 Å². The zero-order valence-electron chi connectivity index (χ0n) is 13.5. The maximum absolute atomic E-state index is 12.0. The molecule has 0 spiro atoms. The maximum atomic E-state index is 12.0. The predicted octanol–water partition coefficient (Wildman–Crippen LogP) is 2.45. The monoisotopic (exact) mass is 286 g/mol. The highest BCUT2D eigenvalue weighted by molar-refractivity contribution is 5.68. The molecule has 1 aliphatic rings. The van der Waals surface area contributed by atoms with Crippen LogP contribution in [0.4, 0.5) is 4.79 Å². The molecule has 1 atom stereocenters. The van der Waals surface area contributed by atoms with Crippen LogP contribution in [0.5, 0.6) is 0 Å². The summed E-state index contributed by atoms with van der Waals surface area (Å²) < 4.78 is 10.7. The number of carbonyl (C=O) groups excluding carboxylic acids is 1. The van der Waals surface area contributed by atoms with Gasteiger partial charge in [-0.25, -0.2) is 4.79 Å². The zero-order valence-corrected chi connectivity index (χ0v) is 13.5. The van der Waals surface area contributed by atoms with Crippen LogP contribution >= 0.6 is 0 Å². The first-order valence-corrected chi connectivity index (χ1v) is 7.62. The second-order valence-corrected chi connectivity index (χ2v) is 6.56. The van der Waals surface area contributed by atoms with E-state index in [1.165, 1.54) is 0 Å². The van der Waals surface area contributed by atoms with Crippen molar-refractivity contribution in [2.24, 2.45) is 0 Å². The second-order valence-electron chi connectivity index (χ2n) is 6.56. The van der Waals surface area contributed by atoms with Gasteiger partial charge in [-0.05, 0) is 40.0 Å². The van der Waals surface area contributed by atoms with Crippen LogP contribution in [0.2, 0.25) is 0 Å². The highest BCUT2D eigenvalue weighted by atomic mass is 16.6. The van der Waals surface area contributed by atoms with Gasteiger partial charge in [-0.3, -0.25) is 0 Å². The molecule has 5 nitrogen and oxygen atoms in total. The van der Waals surface area contributed by atoms with E-state index in [4.69, 9.17) is 9.47 Å². The molecule has 1 fully saturated rings. The van der Waals surface area contributed by atoms with Crippen LogP contribution in [0.1, 0.15) is 53.9 Å². The molecule has 2 N–H and O–H groups in total. The van der Waals surface area contributed by atoms with E-state index in [1.54, 1.807) is 0 Å². The van der Waals surface area contributed by atoms with Crippen LogP contribution in [0.15, 0.2) is 0 Å². The Bertz CT molecular complexity index is 303. The summed E-state index contributed by atoms with van der Waals surface area (Å²) in [6, 6.07) is 0.396. The summed E-state index contributed by atoms with van der Waals surface area (Å²) in [5.74, 6) is 0. The molecular formula is C15H30N2O3. The first-order chi connectivity index (χ1) is 9.30. The lowest BCUT2D eigenvalue weighted by Crippen LogP contribution is -2.56. The van der Waals surface area contributed by atoms with E-state index in [2.05, 4.69) is 24.5 Å². The molecule has 1 unspecified atom stereocenters. The third-order valence-corrected chi connectivity index (χ3v) is 3.78. The Morgan fingerprint density at radius 3 is 2.40 bits per heavy atom. The van der Waals surface area contributed by atoms with E-state index in [9.17, 15) is 4.79 Å². The van der Waals surface area contributed by atoms with Gasteiger partial charge in [-0.15, -0.1) is 0 Å². The van der Waals surface area contributed by atoms with Crippen molar-refractivity contribution in [2.45, 2.75) is 71.1 Å². The molecule has 1 heterocycles. The summed E-state index contributed by atoms with van der Waals surface area (Å²) in [5, 5.41) is 6.54. The SMILES string of the molecule is CCC(CC)(CNC1CCOC1)NC(=O)OC(C)(C)C. The van der Waals surface area contributed by atoms with Gasteiger partial charge < -0.3 is 20.1 Å². The summed E-state index contributed by atoms with van der Waals surface area (Å²) in [6.45, 7) is 12.1. The lowest BCUT2D eigenvalue weighted by atomic mass is 9.92. The molecule has 5 heteroatoms. The second kappa shape index (κ2) is 7.27. The van der Waals surface area contributed by atoms with E-state index in [0.29, 0.717) is 6.04 Å². The van der Waals surface area contributed by atoms with Gasteiger partial charge in [-0.2, -0.15) is 0 Å². The van der Waals surface area contributed by atoms with Crippen LogP contribution in [0, 0.1) is 0 Å². The van der Waals surface area contributed by atoms with Gasteiger partial charge in [0.2, 0.25) is 0 Å². The summed E-state index contributed by atoms with van der Waals surface area (Å²) >= 11 is 0. The molecule has 1 rings (SSSR count). The topological polar surface area (TPSA) is 59.6 Å². The molecule has 118 valence electrons. The molecule has 0 aromatic rings. The van der Waals surface area contributed by atoms with Gasteiger partial charge in [0.05, 0.1) is 12.1 Å². The Balaban J connectivity index is 2.53. The highest BCUT2D eigenvalue weighted by Crippen LogP contribution is 2.17. The number of carbonyl (C=O) groups is 1. The molecule has 1 saturated heterocycles. The van der Waals surface area contributed by atoms with Crippen LogP contribution in [-0.2, 0) is 9.47 Å².